The maximum absolute atomic E-state index is 11.5. The Bertz CT molecular complexity index is 415. The van der Waals surface area contributed by atoms with Crippen LogP contribution in [0.25, 0.3) is 0 Å². The van der Waals surface area contributed by atoms with Crippen LogP contribution in [0.4, 0.5) is 4.79 Å². The van der Waals surface area contributed by atoms with E-state index < -0.39 is 11.7 Å². The van der Waals surface area contributed by atoms with Gasteiger partial charge in [-0.2, -0.15) is 0 Å². The van der Waals surface area contributed by atoms with E-state index in [1.807, 2.05) is 52.8 Å². The van der Waals surface area contributed by atoms with Crippen molar-refractivity contribution in [2.75, 3.05) is 6.54 Å². The van der Waals surface area contributed by atoms with E-state index in [0.29, 0.717) is 6.54 Å². The van der Waals surface area contributed by atoms with Gasteiger partial charge >= 0.3 is 6.09 Å². The minimum atomic E-state index is -0.470. The molecule has 1 aromatic rings. The van der Waals surface area contributed by atoms with Crippen LogP contribution in [0.2, 0.25) is 0 Å². The number of pyridine rings is 1. The van der Waals surface area contributed by atoms with Gasteiger partial charge in [-0.25, -0.2) is 4.79 Å². The lowest BCUT2D eigenvalue weighted by Gasteiger charge is -2.22. The highest BCUT2D eigenvalue weighted by atomic mass is 16.6. The summed E-state index contributed by atoms with van der Waals surface area (Å²) in [7, 11) is 0. The SMILES string of the molecule is CC(CNC(=O)OC(C)(C)C)NC(C)c1ccccn1. The number of hydrogen-bond acceptors (Lipinski definition) is 4. The Hall–Kier alpha value is -1.62. The quantitative estimate of drug-likeness (QED) is 0.869. The van der Waals surface area contributed by atoms with Crippen molar-refractivity contribution in [1.82, 2.24) is 15.6 Å². The van der Waals surface area contributed by atoms with Gasteiger partial charge in [-0.15, -0.1) is 0 Å². The van der Waals surface area contributed by atoms with Crippen LogP contribution < -0.4 is 10.6 Å². The van der Waals surface area contributed by atoms with Crippen LogP contribution in [-0.2, 0) is 4.74 Å². The Morgan fingerprint density at radius 2 is 2.05 bits per heavy atom. The maximum Gasteiger partial charge on any atom is 0.407 e. The van der Waals surface area contributed by atoms with Crippen molar-refractivity contribution in [2.45, 2.75) is 52.3 Å². The van der Waals surface area contributed by atoms with Gasteiger partial charge in [0.2, 0.25) is 0 Å². The lowest BCUT2D eigenvalue weighted by atomic mass is 10.2. The molecule has 2 N–H and O–H groups in total. The molecule has 1 heterocycles. The zero-order chi connectivity index (χ0) is 15.2. The first-order valence-corrected chi connectivity index (χ1v) is 6.92. The van der Waals surface area contributed by atoms with Crippen LogP contribution in [0.15, 0.2) is 24.4 Å². The van der Waals surface area contributed by atoms with E-state index in [-0.39, 0.29) is 12.1 Å². The smallest absolute Gasteiger partial charge is 0.407 e. The molecule has 112 valence electrons. The molecule has 0 spiro atoms. The fourth-order valence-corrected chi connectivity index (χ4v) is 1.75. The number of amides is 1. The molecule has 1 aromatic heterocycles. The number of hydrogen-bond donors (Lipinski definition) is 2. The fraction of sp³-hybridized carbons (Fsp3) is 0.600. The van der Waals surface area contributed by atoms with Crippen molar-refractivity contribution >= 4 is 6.09 Å². The molecule has 0 aliphatic heterocycles. The largest absolute Gasteiger partial charge is 0.444 e. The number of carbonyl (C=O) groups is 1. The summed E-state index contributed by atoms with van der Waals surface area (Å²) in [5.74, 6) is 0. The van der Waals surface area contributed by atoms with Crippen LogP contribution in [-0.4, -0.2) is 29.3 Å². The molecule has 0 saturated carbocycles. The van der Waals surface area contributed by atoms with E-state index in [9.17, 15) is 4.79 Å². The van der Waals surface area contributed by atoms with Crippen molar-refractivity contribution < 1.29 is 9.53 Å². The molecule has 0 radical (unpaired) electrons. The van der Waals surface area contributed by atoms with E-state index in [2.05, 4.69) is 15.6 Å². The Morgan fingerprint density at radius 1 is 1.35 bits per heavy atom. The summed E-state index contributed by atoms with van der Waals surface area (Å²) in [4.78, 5) is 15.8. The first-order chi connectivity index (χ1) is 9.28. The molecule has 1 amide bonds. The molecule has 5 nitrogen and oxygen atoms in total. The molecule has 0 saturated heterocycles. The normalized spacial score (nSPS) is 14.4. The van der Waals surface area contributed by atoms with Crippen LogP contribution >= 0.6 is 0 Å². The van der Waals surface area contributed by atoms with E-state index in [4.69, 9.17) is 4.74 Å². The molecule has 1 rings (SSSR count). The Balaban J connectivity index is 2.33. The second-order valence-corrected chi connectivity index (χ2v) is 5.93. The highest BCUT2D eigenvalue weighted by molar-refractivity contribution is 5.67. The number of nitrogens with one attached hydrogen (secondary N) is 2. The monoisotopic (exact) mass is 279 g/mol. The minimum absolute atomic E-state index is 0.125. The Labute approximate surface area is 121 Å². The van der Waals surface area contributed by atoms with Gasteiger partial charge in [-0.05, 0) is 46.8 Å². The summed E-state index contributed by atoms with van der Waals surface area (Å²) in [5, 5.41) is 6.13. The molecule has 2 unspecified atom stereocenters. The van der Waals surface area contributed by atoms with Gasteiger partial charge in [0.25, 0.3) is 0 Å². The number of carbonyl (C=O) groups excluding carboxylic acids is 1. The average Bonchev–Trinajstić information content (AvgIpc) is 2.35. The van der Waals surface area contributed by atoms with Gasteiger partial charge in [0, 0.05) is 24.8 Å². The number of rotatable bonds is 5. The summed E-state index contributed by atoms with van der Waals surface area (Å²) in [6.45, 7) is 10.1. The average molecular weight is 279 g/mol. The predicted molar refractivity (Wildman–Crippen MR) is 79.5 cm³/mol. The molecule has 0 aliphatic rings. The van der Waals surface area contributed by atoms with Gasteiger partial charge in [-0.1, -0.05) is 6.07 Å². The second kappa shape index (κ2) is 7.24. The summed E-state index contributed by atoms with van der Waals surface area (Å²) in [5.41, 5.74) is 0.513. The van der Waals surface area contributed by atoms with E-state index >= 15 is 0 Å². The van der Waals surface area contributed by atoms with E-state index in [1.165, 1.54) is 0 Å². The van der Waals surface area contributed by atoms with Crippen LogP contribution in [0.5, 0.6) is 0 Å². The van der Waals surface area contributed by atoms with Crippen molar-refractivity contribution in [2.24, 2.45) is 0 Å². The minimum Gasteiger partial charge on any atom is -0.444 e. The number of alkyl carbamates (subject to hydrolysis) is 1. The molecular weight excluding hydrogens is 254 g/mol. The van der Waals surface area contributed by atoms with Crippen molar-refractivity contribution in [3.63, 3.8) is 0 Å². The lowest BCUT2D eigenvalue weighted by Crippen LogP contribution is -2.42. The standard InChI is InChI=1S/C15H25N3O2/c1-11(10-17-14(19)20-15(3,4)5)18-12(2)13-8-6-7-9-16-13/h6-9,11-12,18H,10H2,1-5H3,(H,17,19). The number of aromatic nitrogens is 1. The predicted octanol–water partition coefficient (Wildman–Crippen LogP) is 2.65. The molecule has 0 bridgehead atoms. The van der Waals surface area contributed by atoms with Crippen LogP contribution in [0.1, 0.15) is 46.4 Å². The highest BCUT2D eigenvalue weighted by Gasteiger charge is 2.17. The molecule has 20 heavy (non-hydrogen) atoms. The van der Waals surface area contributed by atoms with Gasteiger partial charge in [0.05, 0.1) is 5.69 Å². The summed E-state index contributed by atoms with van der Waals surface area (Å²) < 4.78 is 5.19. The zero-order valence-electron chi connectivity index (χ0n) is 12.9. The highest BCUT2D eigenvalue weighted by Crippen LogP contribution is 2.09. The third-order valence-corrected chi connectivity index (χ3v) is 2.62. The summed E-state index contributed by atoms with van der Waals surface area (Å²) >= 11 is 0. The topological polar surface area (TPSA) is 63.2 Å². The molecule has 0 fully saturated rings. The molecule has 0 aromatic carbocycles. The first kappa shape index (κ1) is 16.4. The lowest BCUT2D eigenvalue weighted by molar-refractivity contribution is 0.0522. The Morgan fingerprint density at radius 3 is 2.60 bits per heavy atom. The third-order valence-electron chi connectivity index (χ3n) is 2.62. The summed E-state index contributed by atoms with van der Waals surface area (Å²) in [6, 6.07) is 6.09. The maximum atomic E-state index is 11.5. The number of ether oxygens (including phenoxy) is 1. The second-order valence-electron chi connectivity index (χ2n) is 5.93. The van der Waals surface area contributed by atoms with Gasteiger partial charge in [0.15, 0.2) is 0 Å². The van der Waals surface area contributed by atoms with Crippen LogP contribution in [0, 0.1) is 0 Å². The van der Waals surface area contributed by atoms with Crippen molar-refractivity contribution in [1.29, 1.82) is 0 Å². The first-order valence-electron chi connectivity index (χ1n) is 6.92. The molecular formula is C15H25N3O2. The van der Waals surface area contributed by atoms with Gasteiger partial charge in [0.1, 0.15) is 5.60 Å². The van der Waals surface area contributed by atoms with Crippen LogP contribution in [0.3, 0.4) is 0 Å². The zero-order valence-corrected chi connectivity index (χ0v) is 12.9. The molecule has 2 atom stereocenters. The van der Waals surface area contributed by atoms with Crippen molar-refractivity contribution in [3.8, 4) is 0 Å². The number of nitrogens with zero attached hydrogens (tertiary/aromatic N) is 1. The molecule has 0 aliphatic carbocycles. The Kier molecular flexibility index (Phi) is 5.95. The van der Waals surface area contributed by atoms with E-state index in [1.54, 1.807) is 6.20 Å². The van der Waals surface area contributed by atoms with Gasteiger partial charge in [-0.3, -0.25) is 4.98 Å². The summed E-state index contributed by atoms with van der Waals surface area (Å²) in [6.07, 6.45) is 1.38. The van der Waals surface area contributed by atoms with Crippen molar-refractivity contribution in [3.05, 3.63) is 30.1 Å². The fourth-order valence-electron chi connectivity index (χ4n) is 1.75. The van der Waals surface area contributed by atoms with E-state index in [0.717, 1.165) is 5.69 Å². The molecule has 5 heteroatoms. The third kappa shape index (κ3) is 6.52. The van der Waals surface area contributed by atoms with Gasteiger partial charge < -0.3 is 15.4 Å².